The Morgan fingerprint density at radius 1 is 0.971 bits per heavy atom. The van der Waals surface area contributed by atoms with E-state index in [9.17, 15) is 19.8 Å². The smallest absolute Gasteiger partial charge is 0.407 e. The highest BCUT2D eigenvalue weighted by atomic mass is 16.5. The van der Waals surface area contributed by atoms with E-state index in [2.05, 4.69) is 29.6 Å². The lowest BCUT2D eigenvalue weighted by Crippen LogP contribution is -2.30. The summed E-state index contributed by atoms with van der Waals surface area (Å²) in [6.45, 7) is 3.65. The maximum Gasteiger partial charge on any atom is 0.407 e. The normalized spacial score (nSPS) is 14.1. The molecular weight excluding hydrogens is 430 g/mol. The zero-order chi connectivity index (χ0) is 24.2. The lowest BCUT2D eigenvalue weighted by Gasteiger charge is -2.19. The number of aliphatic hydroxyl groups excluding tert-OH is 2. The number of nitrogens with one attached hydrogen (secondary N) is 1. The van der Waals surface area contributed by atoms with Crippen LogP contribution in [0.2, 0.25) is 0 Å². The number of rotatable bonds is 8. The fraction of sp³-hybridized carbons (Fsp3) is 0.286. The SMILES string of the molecule is CC(=O)c1ccc(C(O)C(O)CCNC(=O)OCC2c3ccccc3-c3ccccc32)cc1C. The molecule has 0 saturated carbocycles. The molecule has 0 aliphatic heterocycles. The Kier molecular flexibility index (Phi) is 7.10. The number of aryl methyl sites for hydroxylation is 1. The Labute approximate surface area is 199 Å². The molecule has 1 amide bonds. The van der Waals surface area contributed by atoms with E-state index in [0.29, 0.717) is 11.1 Å². The van der Waals surface area contributed by atoms with Crippen LogP contribution < -0.4 is 5.32 Å². The molecule has 0 fully saturated rings. The van der Waals surface area contributed by atoms with E-state index in [1.54, 1.807) is 25.1 Å². The van der Waals surface area contributed by atoms with Crippen molar-refractivity contribution in [1.82, 2.24) is 5.32 Å². The minimum atomic E-state index is -1.12. The van der Waals surface area contributed by atoms with E-state index < -0.39 is 18.3 Å². The van der Waals surface area contributed by atoms with E-state index in [4.69, 9.17) is 4.74 Å². The largest absolute Gasteiger partial charge is 0.449 e. The molecule has 6 nitrogen and oxygen atoms in total. The fourth-order valence-corrected chi connectivity index (χ4v) is 4.62. The Hall–Kier alpha value is -3.48. The van der Waals surface area contributed by atoms with Crippen molar-refractivity contribution in [1.29, 1.82) is 0 Å². The van der Waals surface area contributed by atoms with Gasteiger partial charge in [-0.25, -0.2) is 4.79 Å². The maximum absolute atomic E-state index is 12.3. The predicted molar refractivity (Wildman–Crippen MR) is 130 cm³/mol. The van der Waals surface area contributed by atoms with Gasteiger partial charge in [0.15, 0.2) is 5.78 Å². The summed E-state index contributed by atoms with van der Waals surface area (Å²) in [5, 5.41) is 23.5. The number of alkyl carbamates (subject to hydrolysis) is 1. The van der Waals surface area contributed by atoms with Crippen molar-refractivity contribution in [2.24, 2.45) is 0 Å². The highest BCUT2D eigenvalue weighted by Gasteiger charge is 2.29. The number of carbonyl (C=O) groups excluding carboxylic acids is 2. The highest BCUT2D eigenvalue weighted by molar-refractivity contribution is 5.95. The second kappa shape index (κ2) is 10.2. The highest BCUT2D eigenvalue weighted by Crippen LogP contribution is 2.44. The first-order chi connectivity index (χ1) is 16.4. The molecule has 1 aliphatic rings. The van der Waals surface area contributed by atoms with Crippen LogP contribution in [0.3, 0.4) is 0 Å². The number of hydrogen-bond donors (Lipinski definition) is 3. The Balaban J connectivity index is 1.28. The summed E-state index contributed by atoms with van der Waals surface area (Å²) >= 11 is 0. The number of ketones is 1. The third-order valence-electron chi connectivity index (χ3n) is 6.39. The van der Waals surface area contributed by atoms with Crippen molar-refractivity contribution >= 4 is 11.9 Å². The molecule has 3 aromatic rings. The summed E-state index contributed by atoms with van der Waals surface area (Å²) in [6, 6.07) is 21.2. The minimum absolute atomic E-state index is 0.0215. The summed E-state index contributed by atoms with van der Waals surface area (Å²) in [5.41, 5.74) is 6.46. The van der Waals surface area contributed by atoms with Crippen LogP contribution in [0, 0.1) is 6.92 Å². The summed E-state index contributed by atoms with van der Waals surface area (Å²) < 4.78 is 5.49. The van der Waals surface area contributed by atoms with Crippen LogP contribution in [0.5, 0.6) is 0 Å². The van der Waals surface area contributed by atoms with Gasteiger partial charge in [-0.05, 0) is 53.6 Å². The number of amides is 1. The summed E-state index contributed by atoms with van der Waals surface area (Å²) in [4.78, 5) is 23.9. The van der Waals surface area contributed by atoms with E-state index in [-0.39, 0.29) is 31.3 Å². The molecule has 3 aromatic carbocycles. The lowest BCUT2D eigenvalue weighted by atomic mass is 9.96. The van der Waals surface area contributed by atoms with Crippen molar-refractivity contribution < 1.29 is 24.5 Å². The monoisotopic (exact) mass is 459 g/mol. The third kappa shape index (κ3) is 4.88. The van der Waals surface area contributed by atoms with E-state index >= 15 is 0 Å². The molecule has 2 atom stereocenters. The first kappa shape index (κ1) is 23.7. The molecule has 1 aliphatic carbocycles. The standard InChI is InChI=1S/C28H29NO5/c1-17-15-19(11-12-20(17)18(2)30)27(32)26(31)13-14-29-28(33)34-16-25-23-9-5-3-7-21(23)22-8-4-6-10-24(22)25/h3-12,15,25-27,31-32H,13-14,16H2,1-2H3,(H,29,33). The van der Waals surface area contributed by atoms with E-state index in [1.165, 1.54) is 6.92 Å². The van der Waals surface area contributed by atoms with Crippen LogP contribution in [0.25, 0.3) is 11.1 Å². The van der Waals surface area contributed by atoms with Gasteiger partial charge in [0.25, 0.3) is 0 Å². The van der Waals surface area contributed by atoms with Crippen molar-refractivity contribution in [3.63, 3.8) is 0 Å². The van der Waals surface area contributed by atoms with Gasteiger partial charge in [0.05, 0.1) is 6.10 Å². The average molecular weight is 460 g/mol. The zero-order valence-corrected chi connectivity index (χ0v) is 19.3. The van der Waals surface area contributed by atoms with Gasteiger partial charge in [-0.15, -0.1) is 0 Å². The van der Waals surface area contributed by atoms with E-state index in [0.717, 1.165) is 27.8 Å². The van der Waals surface area contributed by atoms with Crippen molar-refractivity contribution in [2.75, 3.05) is 13.2 Å². The van der Waals surface area contributed by atoms with Gasteiger partial charge in [0.1, 0.15) is 12.7 Å². The molecule has 2 unspecified atom stereocenters. The molecule has 0 spiro atoms. The van der Waals surface area contributed by atoms with Crippen molar-refractivity contribution in [3.05, 3.63) is 94.5 Å². The topological polar surface area (TPSA) is 95.9 Å². The zero-order valence-electron chi connectivity index (χ0n) is 19.3. The van der Waals surface area contributed by atoms with Crippen molar-refractivity contribution in [2.45, 2.75) is 38.4 Å². The van der Waals surface area contributed by atoms with Gasteiger partial charge < -0.3 is 20.3 Å². The molecular formula is C28H29NO5. The second-order valence-corrected chi connectivity index (χ2v) is 8.68. The van der Waals surface area contributed by atoms with E-state index in [1.807, 2.05) is 24.3 Å². The van der Waals surface area contributed by atoms with Gasteiger partial charge in [-0.2, -0.15) is 0 Å². The predicted octanol–water partition coefficient (Wildman–Crippen LogP) is 4.52. The van der Waals surface area contributed by atoms with Gasteiger partial charge >= 0.3 is 6.09 Å². The van der Waals surface area contributed by atoms with Crippen LogP contribution in [-0.2, 0) is 4.74 Å². The molecule has 0 aromatic heterocycles. The molecule has 4 rings (SSSR count). The molecule has 0 heterocycles. The quantitative estimate of drug-likeness (QED) is 0.431. The minimum Gasteiger partial charge on any atom is -0.449 e. The molecule has 3 N–H and O–H groups in total. The van der Waals surface area contributed by atoms with Crippen LogP contribution >= 0.6 is 0 Å². The number of carbonyl (C=O) groups is 2. The number of aliphatic hydroxyl groups is 2. The molecule has 0 radical (unpaired) electrons. The van der Waals surface area contributed by atoms with Crippen molar-refractivity contribution in [3.8, 4) is 11.1 Å². The number of hydrogen-bond acceptors (Lipinski definition) is 5. The summed E-state index contributed by atoms with van der Waals surface area (Å²) in [5.74, 6) is -0.0712. The Morgan fingerprint density at radius 2 is 1.59 bits per heavy atom. The number of fused-ring (bicyclic) bond motifs is 3. The molecule has 34 heavy (non-hydrogen) atoms. The van der Waals surface area contributed by atoms with Gasteiger partial charge in [0.2, 0.25) is 0 Å². The van der Waals surface area contributed by atoms with Crippen LogP contribution in [0.15, 0.2) is 66.7 Å². The van der Waals surface area contributed by atoms with Gasteiger partial charge in [-0.3, -0.25) is 4.79 Å². The first-order valence-electron chi connectivity index (χ1n) is 11.4. The Bertz CT molecular complexity index is 1160. The maximum atomic E-state index is 12.3. The molecule has 0 bridgehead atoms. The molecule has 6 heteroatoms. The number of benzene rings is 3. The third-order valence-corrected chi connectivity index (χ3v) is 6.39. The summed E-state index contributed by atoms with van der Waals surface area (Å²) in [7, 11) is 0. The number of Topliss-reactive ketones (excluding diaryl/α,β-unsaturated/α-hetero) is 1. The van der Waals surface area contributed by atoms with Gasteiger partial charge in [-0.1, -0.05) is 66.7 Å². The number of ether oxygens (including phenoxy) is 1. The molecule has 176 valence electrons. The fourth-order valence-electron chi connectivity index (χ4n) is 4.62. The lowest BCUT2D eigenvalue weighted by molar-refractivity contribution is 0.0136. The van der Waals surface area contributed by atoms with Gasteiger partial charge in [0, 0.05) is 18.0 Å². The van der Waals surface area contributed by atoms with Crippen LogP contribution in [-0.4, -0.2) is 41.3 Å². The second-order valence-electron chi connectivity index (χ2n) is 8.68. The molecule has 0 saturated heterocycles. The van der Waals surface area contributed by atoms with Crippen LogP contribution in [0.4, 0.5) is 4.79 Å². The first-order valence-corrected chi connectivity index (χ1v) is 11.4. The van der Waals surface area contributed by atoms with Crippen LogP contribution in [0.1, 0.15) is 58.0 Å². The summed E-state index contributed by atoms with van der Waals surface area (Å²) in [6.07, 6.45) is -2.61. The average Bonchev–Trinajstić information content (AvgIpc) is 3.15. The Morgan fingerprint density at radius 3 is 2.18 bits per heavy atom.